The Morgan fingerprint density at radius 3 is 2.75 bits per heavy atom. The first-order valence-electron chi connectivity index (χ1n) is 5.59. The van der Waals surface area contributed by atoms with E-state index in [0.29, 0.717) is 0 Å². The molecule has 0 bridgehead atoms. The lowest BCUT2D eigenvalue weighted by atomic mass is 10.1. The van der Waals surface area contributed by atoms with E-state index in [4.69, 9.17) is 10.00 Å². The zero-order valence-corrected chi connectivity index (χ0v) is 9.57. The molecule has 3 nitrogen and oxygen atoms in total. The number of benzene rings is 1. The number of ether oxygens (including phenoxy) is 1. The quantitative estimate of drug-likeness (QED) is 0.755. The number of hydrogen-bond donors (Lipinski definition) is 0. The van der Waals surface area contributed by atoms with Gasteiger partial charge in [0.2, 0.25) is 0 Å². The van der Waals surface area contributed by atoms with Gasteiger partial charge in [-0.2, -0.15) is 5.26 Å². The Hall–Kier alpha value is -1.37. The lowest BCUT2D eigenvalue weighted by molar-refractivity contribution is 0.0341. The number of aryl methyl sites for hydroxylation is 1. The van der Waals surface area contributed by atoms with Crippen molar-refractivity contribution < 1.29 is 4.74 Å². The Labute approximate surface area is 96.2 Å². The van der Waals surface area contributed by atoms with E-state index in [1.54, 1.807) is 0 Å². The largest absolute Gasteiger partial charge is 0.379 e. The van der Waals surface area contributed by atoms with Crippen LogP contribution in [-0.2, 0) is 11.3 Å². The molecule has 1 heterocycles. The summed E-state index contributed by atoms with van der Waals surface area (Å²) in [6, 6.07) is 8.07. The number of rotatable bonds is 2. The molecule has 1 aromatic carbocycles. The van der Waals surface area contributed by atoms with Crippen LogP contribution in [0.25, 0.3) is 0 Å². The average Bonchev–Trinajstić information content (AvgIpc) is 2.33. The maximum atomic E-state index is 8.80. The lowest BCUT2D eigenvalue weighted by Crippen LogP contribution is -2.35. The molecule has 1 aliphatic heterocycles. The first-order valence-corrected chi connectivity index (χ1v) is 5.59. The summed E-state index contributed by atoms with van der Waals surface area (Å²) in [6.45, 7) is 6.68. The molecule has 0 atom stereocenters. The van der Waals surface area contributed by atoms with Crippen LogP contribution in [0.5, 0.6) is 0 Å². The standard InChI is InChI=1S/C13H16N2O/c1-11-8-12(9-14)2-3-13(11)10-15-4-6-16-7-5-15/h2-3,8H,4-7,10H2,1H3. The van der Waals surface area contributed by atoms with Crippen molar-refractivity contribution in [3.8, 4) is 6.07 Å². The second kappa shape index (κ2) is 5.11. The Bertz CT molecular complexity index is 403. The summed E-state index contributed by atoms with van der Waals surface area (Å²) in [7, 11) is 0. The van der Waals surface area contributed by atoms with Crippen molar-refractivity contribution >= 4 is 0 Å². The molecule has 1 saturated heterocycles. The van der Waals surface area contributed by atoms with E-state index < -0.39 is 0 Å². The average molecular weight is 216 g/mol. The number of nitriles is 1. The first kappa shape index (κ1) is 11.1. The lowest BCUT2D eigenvalue weighted by Gasteiger charge is -2.27. The van der Waals surface area contributed by atoms with Crippen molar-refractivity contribution in [1.29, 1.82) is 5.26 Å². The SMILES string of the molecule is Cc1cc(C#N)ccc1CN1CCOCC1. The van der Waals surface area contributed by atoms with Gasteiger partial charge < -0.3 is 4.74 Å². The summed E-state index contributed by atoms with van der Waals surface area (Å²) >= 11 is 0. The van der Waals surface area contributed by atoms with Crippen molar-refractivity contribution in [2.24, 2.45) is 0 Å². The Kier molecular flexibility index (Phi) is 3.55. The minimum Gasteiger partial charge on any atom is -0.379 e. The van der Waals surface area contributed by atoms with Crippen LogP contribution >= 0.6 is 0 Å². The summed E-state index contributed by atoms with van der Waals surface area (Å²) in [4.78, 5) is 2.39. The highest BCUT2D eigenvalue weighted by molar-refractivity contribution is 5.37. The van der Waals surface area contributed by atoms with Crippen LogP contribution < -0.4 is 0 Å². The van der Waals surface area contributed by atoms with Gasteiger partial charge in [0.1, 0.15) is 0 Å². The molecule has 84 valence electrons. The fourth-order valence-electron chi connectivity index (χ4n) is 1.94. The van der Waals surface area contributed by atoms with E-state index in [-0.39, 0.29) is 0 Å². The molecule has 3 heteroatoms. The van der Waals surface area contributed by atoms with Gasteiger partial charge in [-0.05, 0) is 30.2 Å². The maximum absolute atomic E-state index is 8.80. The molecule has 0 aliphatic carbocycles. The molecule has 0 amide bonds. The van der Waals surface area contributed by atoms with Gasteiger partial charge in [-0.15, -0.1) is 0 Å². The highest BCUT2D eigenvalue weighted by Crippen LogP contribution is 2.13. The maximum Gasteiger partial charge on any atom is 0.0991 e. The van der Waals surface area contributed by atoms with Crippen LogP contribution in [0.15, 0.2) is 18.2 Å². The van der Waals surface area contributed by atoms with E-state index in [9.17, 15) is 0 Å². The summed E-state index contributed by atoms with van der Waals surface area (Å²) in [5, 5.41) is 8.80. The molecule has 0 N–H and O–H groups in total. The van der Waals surface area contributed by atoms with Crippen molar-refractivity contribution in [2.75, 3.05) is 26.3 Å². The molecule has 1 aliphatic rings. The van der Waals surface area contributed by atoms with Gasteiger partial charge in [0.05, 0.1) is 24.8 Å². The van der Waals surface area contributed by atoms with Gasteiger partial charge in [0, 0.05) is 19.6 Å². The van der Waals surface area contributed by atoms with Gasteiger partial charge in [0.25, 0.3) is 0 Å². The van der Waals surface area contributed by atoms with Crippen LogP contribution in [-0.4, -0.2) is 31.2 Å². The summed E-state index contributed by atoms with van der Waals surface area (Å²) < 4.78 is 5.32. The van der Waals surface area contributed by atoms with Gasteiger partial charge in [-0.3, -0.25) is 4.90 Å². The number of nitrogens with zero attached hydrogens (tertiary/aromatic N) is 2. The highest BCUT2D eigenvalue weighted by atomic mass is 16.5. The summed E-state index contributed by atoms with van der Waals surface area (Å²) in [5.41, 5.74) is 3.25. The molecular formula is C13H16N2O. The third-order valence-electron chi connectivity index (χ3n) is 2.97. The minimum atomic E-state index is 0.739. The molecule has 0 saturated carbocycles. The minimum absolute atomic E-state index is 0.739. The van der Waals surface area contributed by atoms with Crippen molar-refractivity contribution in [3.05, 3.63) is 34.9 Å². The molecule has 1 aromatic rings. The molecule has 1 fully saturated rings. The van der Waals surface area contributed by atoms with Crippen LogP contribution in [0, 0.1) is 18.3 Å². The predicted octanol–water partition coefficient (Wildman–Crippen LogP) is 1.70. The molecule has 0 radical (unpaired) electrons. The Balaban J connectivity index is 2.06. The Morgan fingerprint density at radius 1 is 1.38 bits per heavy atom. The van der Waals surface area contributed by atoms with Crippen LogP contribution in [0.2, 0.25) is 0 Å². The fourth-order valence-corrected chi connectivity index (χ4v) is 1.94. The Morgan fingerprint density at radius 2 is 2.12 bits per heavy atom. The van der Waals surface area contributed by atoms with E-state index in [1.165, 1.54) is 11.1 Å². The zero-order chi connectivity index (χ0) is 11.4. The summed E-state index contributed by atoms with van der Waals surface area (Å²) in [6.07, 6.45) is 0. The first-order chi connectivity index (χ1) is 7.79. The topological polar surface area (TPSA) is 36.3 Å². The number of morpholine rings is 1. The second-order valence-electron chi connectivity index (χ2n) is 4.14. The van der Waals surface area contributed by atoms with E-state index in [0.717, 1.165) is 38.4 Å². The molecule has 16 heavy (non-hydrogen) atoms. The fraction of sp³-hybridized carbons (Fsp3) is 0.462. The normalized spacial score (nSPS) is 17.0. The van der Waals surface area contributed by atoms with E-state index in [2.05, 4.69) is 24.0 Å². The van der Waals surface area contributed by atoms with Crippen molar-refractivity contribution in [1.82, 2.24) is 4.90 Å². The molecule has 0 unspecified atom stereocenters. The van der Waals surface area contributed by atoms with Gasteiger partial charge in [-0.1, -0.05) is 6.07 Å². The third-order valence-corrected chi connectivity index (χ3v) is 2.97. The molecule has 2 rings (SSSR count). The van der Waals surface area contributed by atoms with Gasteiger partial charge in [0.15, 0.2) is 0 Å². The van der Waals surface area contributed by atoms with Crippen LogP contribution in [0.1, 0.15) is 16.7 Å². The molecule has 0 aromatic heterocycles. The van der Waals surface area contributed by atoms with Crippen LogP contribution in [0.3, 0.4) is 0 Å². The molecular weight excluding hydrogens is 200 g/mol. The monoisotopic (exact) mass is 216 g/mol. The van der Waals surface area contributed by atoms with Gasteiger partial charge in [-0.25, -0.2) is 0 Å². The van der Waals surface area contributed by atoms with Crippen molar-refractivity contribution in [2.45, 2.75) is 13.5 Å². The number of hydrogen-bond acceptors (Lipinski definition) is 3. The predicted molar refractivity (Wildman–Crippen MR) is 62.0 cm³/mol. The van der Waals surface area contributed by atoms with E-state index >= 15 is 0 Å². The summed E-state index contributed by atoms with van der Waals surface area (Å²) in [5.74, 6) is 0. The highest BCUT2D eigenvalue weighted by Gasteiger charge is 2.11. The van der Waals surface area contributed by atoms with Crippen molar-refractivity contribution in [3.63, 3.8) is 0 Å². The molecule has 0 spiro atoms. The van der Waals surface area contributed by atoms with Gasteiger partial charge >= 0.3 is 0 Å². The third kappa shape index (κ3) is 2.60. The second-order valence-corrected chi connectivity index (χ2v) is 4.14. The van der Waals surface area contributed by atoms with Crippen LogP contribution in [0.4, 0.5) is 0 Å². The smallest absolute Gasteiger partial charge is 0.0991 e. The zero-order valence-electron chi connectivity index (χ0n) is 9.57. The van der Waals surface area contributed by atoms with E-state index in [1.807, 2.05) is 12.1 Å².